The SMILES string of the molecule is O=C(OCc1ccc2c(Br)cc(Br)c(O)c2n1)c1cc2ccccc2[nH]1. The van der Waals surface area contributed by atoms with Crippen molar-refractivity contribution >= 4 is 59.6 Å². The number of pyridine rings is 1. The van der Waals surface area contributed by atoms with Crippen molar-refractivity contribution in [2.45, 2.75) is 6.61 Å². The van der Waals surface area contributed by atoms with Crippen molar-refractivity contribution in [3.63, 3.8) is 0 Å². The fourth-order valence-corrected chi connectivity index (χ4v) is 4.00. The fraction of sp³-hybridized carbons (Fsp3) is 0.0526. The van der Waals surface area contributed by atoms with Gasteiger partial charge in [-0.2, -0.15) is 0 Å². The van der Waals surface area contributed by atoms with Gasteiger partial charge in [0.15, 0.2) is 5.75 Å². The van der Waals surface area contributed by atoms with Crippen molar-refractivity contribution < 1.29 is 14.6 Å². The number of phenolic OH excluding ortho intramolecular Hbond substituents is 1. The number of aromatic nitrogens is 2. The number of carbonyl (C=O) groups is 1. The van der Waals surface area contributed by atoms with Gasteiger partial charge in [-0.3, -0.25) is 0 Å². The standard InChI is InChI=1S/C19H12Br2N2O3/c20-13-8-14(21)18(24)17-12(13)6-5-11(22-17)9-26-19(25)16-7-10-3-1-2-4-15(10)23-16/h1-8,23-24H,9H2. The van der Waals surface area contributed by atoms with E-state index in [1.807, 2.05) is 30.3 Å². The Hall–Kier alpha value is -2.38. The minimum absolute atomic E-state index is 0.00765. The van der Waals surface area contributed by atoms with E-state index in [9.17, 15) is 9.90 Å². The molecule has 0 spiro atoms. The molecular formula is C19H12Br2N2O3. The van der Waals surface area contributed by atoms with Crippen LogP contribution in [0.1, 0.15) is 16.2 Å². The zero-order valence-electron chi connectivity index (χ0n) is 13.3. The van der Waals surface area contributed by atoms with E-state index in [-0.39, 0.29) is 12.4 Å². The van der Waals surface area contributed by atoms with Gasteiger partial charge in [0.1, 0.15) is 17.8 Å². The number of carbonyl (C=O) groups excluding carboxylic acids is 1. The van der Waals surface area contributed by atoms with Crippen molar-refractivity contribution in [1.82, 2.24) is 9.97 Å². The van der Waals surface area contributed by atoms with E-state index in [1.165, 1.54) is 0 Å². The summed E-state index contributed by atoms with van der Waals surface area (Å²) in [5, 5.41) is 11.9. The molecule has 4 aromatic rings. The van der Waals surface area contributed by atoms with Crippen molar-refractivity contribution in [2.75, 3.05) is 0 Å². The Bertz CT molecular complexity index is 1120. The number of halogens is 2. The van der Waals surface area contributed by atoms with Crippen LogP contribution < -0.4 is 0 Å². The zero-order chi connectivity index (χ0) is 18.3. The van der Waals surface area contributed by atoms with E-state index in [1.54, 1.807) is 18.2 Å². The molecule has 0 atom stereocenters. The van der Waals surface area contributed by atoms with Crippen LogP contribution in [0.3, 0.4) is 0 Å². The van der Waals surface area contributed by atoms with Gasteiger partial charge in [-0.15, -0.1) is 0 Å². The third kappa shape index (κ3) is 3.08. The summed E-state index contributed by atoms with van der Waals surface area (Å²) in [4.78, 5) is 19.7. The third-order valence-corrected chi connectivity index (χ3v) is 5.28. The fourth-order valence-electron chi connectivity index (χ4n) is 2.72. The van der Waals surface area contributed by atoms with E-state index < -0.39 is 5.97 Å². The normalized spacial score (nSPS) is 11.2. The quantitative estimate of drug-likeness (QED) is 0.394. The lowest BCUT2D eigenvalue weighted by Gasteiger charge is -2.08. The maximum atomic E-state index is 12.3. The van der Waals surface area contributed by atoms with Gasteiger partial charge >= 0.3 is 5.97 Å². The van der Waals surface area contributed by atoms with Crippen LogP contribution >= 0.6 is 31.9 Å². The van der Waals surface area contributed by atoms with E-state index in [0.717, 1.165) is 20.8 Å². The summed E-state index contributed by atoms with van der Waals surface area (Å²) in [6.45, 7) is 0.00765. The van der Waals surface area contributed by atoms with Gasteiger partial charge in [-0.25, -0.2) is 9.78 Å². The minimum atomic E-state index is -0.456. The second-order valence-corrected chi connectivity index (χ2v) is 7.44. The molecule has 130 valence electrons. The number of aromatic amines is 1. The molecule has 2 heterocycles. The molecule has 26 heavy (non-hydrogen) atoms. The van der Waals surface area contributed by atoms with E-state index in [4.69, 9.17) is 4.74 Å². The van der Waals surface area contributed by atoms with E-state index >= 15 is 0 Å². The Balaban J connectivity index is 1.57. The van der Waals surface area contributed by atoms with E-state index in [2.05, 4.69) is 41.8 Å². The summed E-state index contributed by atoms with van der Waals surface area (Å²) >= 11 is 6.74. The van der Waals surface area contributed by atoms with E-state index in [0.29, 0.717) is 21.4 Å². The lowest BCUT2D eigenvalue weighted by Crippen LogP contribution is -2.06. The second kappa shape index (κ2) is 6.74. The van der Waals surface area contributed by atoms with Crippen LogP contribution in [0.25, 0.3) is 21.8 Å². The summed E-state index contributed by atoms with van der Waals surface area (Å²) < 4.78 is 6.71. The predicted molar refractivity (Wildman–Crippen MR) is 106 cm³/mol. The lowest BCUT2D eigenvalue weighted by molar-refractivity contribution is 0.0462. The highest BCUT2D eigenvalue weighted by molar-refractivity contribution is 9.11. The third-order valence-electron chi connectivity index (χ3n) is 4.02. The number of rotatable bonds is 3. The Labute approximate surface area is 165 Å². The molecule has 0 aliphatic rings. The Kier molecular flexibility index (Phi) is 4.42. The van der Waals surface area contributed by atoms with Crippen molar-refractivity contribution in [3.8, 4) is 5.75 Å². The first kappa shape index (κ1) is 17.1. The van der Waals surface area contributed by atoms with Gasteiger partial charge in [-0.1, -0.05) is 34.1 Å². The Morgan fingerprint density at radius 2 is 1.92 bits per heavy atom. The molecule has 0 bridgehead atoms. The van der Waals surface area contributed by atoms with Crippen molar-refractivity contribution in [1.29, 1.82) is 0 Å². The average molecular weight is 476 g/mol. The largest absolute Gasteiger partial charge is 0.505 e. The zero-order valence-corrected chi connectivity index (χ0v) is 16.5. The van der Waals surface area contributed by atoms with Gasteiger partial charge < -0.3 is 14.8 Å². The van der Waals surface area contributed by atoms with Gasteiger partial charge in [0.05, 0.1) is 10.2 Å². The molecule has 0 aliphatic heterocycles. The smallest absolute Gasteiger partial charge is 0.355 e. The molecule has 0 amide bonds. The van der Waals surface area contributed by atoms with Crippen LogP contribution in [0.5, 0.6) is 5.75 Å². The number of benzene rings is 2. The molecule has 7 heteroatoms. The maximum absolute atomic E-state index is 12.3. The maximum Gasteiger partial charge on any atom is 0.355 e. The van der Waals surface area contributed by atoms with Gasteiger partial charge in [0.2, 0.25) is 0 Å². The van der Waals surface area contributed by atoms with Gasteiger partial charge in [0.25, 0.3) is 0 Å². The molecule has 0 saturated carbocycles. The first-order chi connectivity index (χ1) is 12.5. The first-order valence-corrected chi connectivity index (χ1v) is 9.33. The average Bonchev–Trinajstić information content (AvgIpc) is 3.08. The molecule has 2 N–H and O–H groups in total. The highest BCUT2D eigenvalue weighted by Crippen LogP contribution is 2.36. The first-order valence-electron chi connectivity index (χ1n) is 7.74. The second-order valence-electron chi connectivity index (χ2n) is 5.73. The number of para-hydroxylation sites is 1. The topological polar surface area (TPSA) is 75.2 Å². The number of ether oxygens (including phenoxy) is 1. The number of H-pyrrole nitrogens is 1. The summed E-state index contributed by atoms with van der Waals surface area (Å²) in [6.07, 6.45) is 0. The molecule has 5 nitrogen and oxygen atoms in total. The number of phenols is 1. The van der Waals surface area contributed by atoms with Crippen LogP contribution in [0, 0.1) is 0 Å². The molecule has 0 radical (unpaired) electrons. The lowest BCUT2D eigenvalue weighted by atomic mass is 10.2. The highest BCUT2D eigenvalue weighted by Gasteiger charge is 2.14. The highest BCUT2D eigenvalue weighted by atomic mass is 79.9. The molecule has 0 aliphatic carbocycles. The molecular weight excluding hydrogens is 464 g/mol. The van der Waals surface area contributed by atoms with Crippen LogP contribution in [0.2, 0.25) is 0 Å². The summed E-state index contributed by atoms with van der Waals surface area (Å²) in [5.74, 6) is -0.408. The summed E-state index contributed by atoms with van der Waals surface area (Å²) in [6, 6.07) is 14.7. The van der Waals surface area contributed by atoms with Crippen LogP contribution in [-0.2, 0) is 11.3 Å². The number of nitrogens with one attached hydrogen (secondary N) is 1. The predicted octanol–water partition coefficient (Wildman–Crippen LogP) is 5.30. The van der Waals surface area contributed by atoms with Crippen molar-refractivity contribution in [3.05, 3.63) is 68.9 Å². The number of hydrogen-bond donors (Lipinski definition) is 2. The van der Waals surface area contributed by atoms with Crippen LogP contribution in [0.4, 0.5) is 0 Å². The number of hydrogen-bond acceptors (Lipinski definition) is 4. The van der Waals surface area contributed by atoms with Crippen LogP contribution in [0.15, 0.2) is 57.5 Å². The molecule has 0 fully saturated rings. The number of fused-ring (bicyclic) bond motifs is 2. The Morgan fingerprint density at radius 3 is 2.73 bits per heavy atom. The monoisotopic (exact) mass is 474 g/mol. The molecule has 4 rings (SSSR count). The summed E-state index contributed by atoms with van der Waals surface area (Å²) in [5.41, 5.74) is 2.25. The number of nitrogens with zero attached hydrogens (tertiary/aromatic N) is 1. The van der Waals surface area contributed by atoms with Crippen LogP contribution in [-0.4, -0.2) is 21.0 Å². The number of esters is 1. The molecule has 0 unspecified atom stereocenters. The van der Waals surface area contributed by atoms with Gasteiger partial charge in [-0.05, 0) is 46.3 Å². The number of aromatic hydroxyl groups is 1. The molecule has 2 aromatic heterocycles. The van der Waals surface area contributed by atoms with Gasteiger partial charge in [0, 0.05) is 20.8 Å². The summed E-state index contributed by atoms with van der Waals surface area (Å²) in [7, 11) is 0. The molecule has 0 saturated heterocycles. The Morgan fingerprint density at radius 1 is 1.12 bits per heavy atom. The molecule has 2 aromatic carbocycles. The van der Waals surface area contributed by atoms with Crippen molar-refractivity contribution in [2.24, 2.45) is 0 Å². The minimum Gasteiger partial charge on any atom is -0.505 e.